The van der Waals surface area contributed by atoms with Gasteiger partial charge >= 0.3 is 0 Å². The van der Waals surface area contributed by atoms with E-state index in [2.05, 4.69) is 10.6 Å². The van der Waals surface area contributed by atoms with Gasteiger partial charge in [-0.05, 0) is 61.4 Å². The minimum absolute atomic E-state index is 0.292. The van der Waals surface area contributed by atoms with E-state index in [9.17, 15) is 9.59 Å². The fourth-order valence-corrected chi connectivity index (χ4v) is 3.45. The molecule has 0 unspecified atom stereocenters. The average Bonchev–Trinajstić information content (AvgIpc) is 2.84. The third kappa shape index (κ3) is 6.65. The number of carbonyl (C=O) groups excluding carboxylic acids is 2. The number of nitrogens with one attached hydrogen (secondary N) is 2. The maximum atomic E-state index is 12.8. The summed E-state index contributed by atoms with van der Waals surface area (Å²) in [6.07, 6.45) is -0.190. The number of amides is 2. The topological polar surface area (TPSA) is 85.9 Å². The van der Waals surface area contributed by atoms with Crippen molar-refractivity contribution in [3.8, 4) is 17.2 Å². The van der Waals surface area contributed by atoms with E-state index in [0.29, 0.717) is 46.5 Å². The van der Waals surface area contributed by atoms with Crippen molar-refractivity contribution in [2.75, 3.05) is 26.1 Å². The van der Waals surface area contributed by atoms with E-state index < -0.39 is 6.10 Å². The molecule has 2 amide bonds. The number of methoxy groups -OCH3 is 2. The van der Waals surface area contributed by atoms with Crippen molar-refractivity contribution in [2.45, 2.75) is 19.4 Å². The maximum absolute atomic E-state index is 12.8. The van der Waals surface area contributed by atoms with Gasteiger partial charge in [0, 0.05) is 11.6 Å². The molecule has 0 heterocycles. The lowest BCUT2D eigenvalue weighted by Crippen LogP contribution is -2.32. The molecule has 7 nitrogen and oxygen atoms in total. The van der Waals surface area contributed by atoms with Crippen LogP contribution in [0, 0.1) is 0 Å². The minimum Gasteiger partial charge on any atom is -0.493 e. The van der Waals surface area contributed by atoms with E-state index in [-0.39, 0.29) is 11.8 Å². The first-order valence-electron chi connectivity index (χ1n) is 10.7. The first-order chi connectivity index (χ1) is 16.4. The zero-order valence-corrected chi connectivity index (χ0v) is 20.0. The molecule has 0 saturated heterocycles. The van der Waals surface area contributed by atoms with Crippen LogP contribution in [0.1, 0.15) is 22.8 Å². The summed E-state index contributed by atoms with van der Waals surface area (Å²) < 4.78 is 16.2. The van der Waals surface area contributed by atoms with Gasteiger partial charge in [0.2, 0.25) is 0 Å². The van der Waals surface area contributed by atoms with Gasteiger partial charge < -0.3 is 24.8 Å². The Kier molecular flexibility index (Phi) is 8.76. The fourth-order valence-electron chi connectivity index (χ4n) is 3.27. The van der Waals surface area contributed by atoms with Crippen molar-refractivity contribution in [1.82, 2.24) is 5.32 Å². The fraction of sp³-hybridized carbons (Fsp3) is 0.231. The molecule has 1 atom stereocenters. The molecule has 0 fully saturated rings. The van der Waals surface area contributed by atoms with E-state index >= 15 is 0 Å². The minimum atomic E-state index is -0.792. The van der Waals surface area contributed by atoms with Crippen molar-refractivity contribution in [3.63, 3.8) is 0 Å². The Morgan fingerprint density at radius 1 is 0.941 bits per heavy atom. The Morgan fingerprint density at radius 3 is 2.44 bits per heavy atom. The van der Waals surface area contributed by atoms with Crippen molar-refractivity contribution in [1.29, 1.82) is 0 Å². The lowest BCUT2D eigenvalue weighted by atomic mass is 10.1. The normalized spacial score (nSPS) is 11.3. The second-order valence-corrected chi connectivity index (χ2v) is 7.88. The summed E-state index contributed by atoms with van der Waals surface area (Å²) in [4.78, 5) is 25.5. The number of hydrogen-bond acceptors (Lipinski definition) is 5. The van der Waals surface area contributed by atoms with Crippen LogP contribution < -0.4 is 24.8 Å². The molecule has 3 aromatic carbocycles. The SMILES string of the molecule is COc1ccc(CCNC(=O)c2ccccc2NC(=O)[C@H](C)Oc2cccc(Cl)c2)cc1OC. The summed E-state index contributed by atoms with van der Waals surface area (Å²) in [6.45, 7) is 2.03. The number of anilines is 1. The maximum Gasteiger partial charge on any atom is 0.265 e. The molecular weight excluding hydrogens is 456 g/mol. The zero-order valence-electron chi connectivity index (χ0n) is 19.3. The van der Waals surface area contributed by atoms with Gasteiger partial charge in [-0.2, -0.15) is 0 Å². The Labute approximate surface area is 204 Å². The Morgan fingerprint density at radius 2 is 1.71 bits per heavy atom. The van der Waals surface area contributed by atoms with Crippen LogP contribution in [-0.2, 0) is 11.2 Å². The van der Waals surface area contributed by atoms with E-state index in [1.165, 1.54) is 0 Å². The van der Waals surface area contributed by atoms with Gasteiger partial charge in [0.1, 0.15) is 5.75 Å². The van der Waals surface area contributed by atoms with Crippen LogP contribution in [0.3, 0.4) is 0 Å². The molecule has 0 saturated carbocycles. The number of carbonyl (C=O) groups is 2. The number of para-hydroxylation sites is 1. The lowest BCUT2D eigenvalue weighted by Gasteiger charge is -2.16. The number of ether oxygens (including phenoxy) is 3. The van der Waals surface area contributed by atoms with Crippen LogP contribution in [0.25, 0.3) is 0 Å². The number of hydrogen-bond donors (Lipinski definition) is 2. The van der Waals surface area contributed by atoms with Crippen LogP contribution in [0.2, 0.25) is 5.02 Å². The van der Waals surface area contributed by atoms with Crippen LogP contribution in [0.15, 0.2) is 66.7 Å². The summed E-state index contributed by atoms with van der Waals surface area (Å²) in [6, 6.07) is 19.3. The van der Waals surface area contributed by atoms with E-state index in [4.69, 9.17) is 25.8 Å². The van der Waals surface area contributed by atoms with Crippen LogP contribution >= 0.6 is 11.6 Å². The van der Waals surface area contributed by atoms with Gasteiger partial charge in [0.25, 0.3) is 11.8 Å². The second kappa shape index (κ2) is 12.0. The molecule has 0 aliphatic carbocycles. The summed E-state index contributed by atoms with van der Waals surface area (Å²) in [5.41, 5.74) is 1.75. The van der Waals surface area contributed by atoms with Gasteiger partial charge in [0.05, 0.1) is 25.5 Å². The first-order valence-corrected chi connectivity index (χ1v) is 11.1. The zero-order chi connectivity index (χ0) is 24.5. The molecule has 2 N–H and O–H groups in total. The number of benzene rings is 3. The molecular formula is C26H27ClN2O5. The van der Waals surface area contributed by atoms with Crippen molar-refractivity contribution in [2.24, 2.45) is 0 Å². The third-order valence-electron chi connectivity index (χ3n) is 5.05. The molecule has 3 rings (SSSR count). The van der Waals surface area contributed by atoms with Crippen LogP contribution in [-0.4, -0.2) is 38.7 Å². The number of rotatable bonds is 10. The highest BCUT2D eigenvalue weighted by Gasteiger charge is 2.18. The molecule has 0 radical (unpaired) electrons. The van der Waals surface area contributed by atoms with E-state index in [0.717, 1.165) is 5.56 Å². The van der Waals surface area contributed by atoms with Gasteiger partial charge in [0.15, 0.2) is 17.6 Å². The predicted octanol–water partition coefficient (Wildman–Crippen LogP) is 4.74. The average molecular weight is 483 g/mol. The summed E-state index contributed by atoms with van der Waals surface area (Å²) in [7, 11) is 3.16. The molecule has 0 aromatic heterocycles. The van der Waals surface area contributed by atoms with Crippen molar-refractivity contribution < 1.29 is 23.8 Å². The molecule has 0 aliphatic rings. The standard InChI is InChI=1S/C26H27ClN2O5/c1-17(34-20-8-6-7-19(27)16-20)25(30)29-22-10-5-4-9-21(22)26(31)28-14-13-18-11-12-23(32-2)24(15-18)33-3/h4-12,15-17H,13-14H2,1-3H3,(H,28,31)(H,29,30)/t17-/m0/s1. The third-order valence-corrected chi connectivity index (χ3v) is 5.29. The molecule has 8 heteroatoms. The molecule has 34 heavy (non-hydrogen) atoms. The van der Waals surface area contributed by atoms with Gasteiger partial charge in [-0.1, -0.05) is 35.9 Å². The highest BCUT2D eigenvalue weighted by atomic mass is 35.5. The highest BCUT2D eigenvalue weighted by molar-refractivity contribution is 6.30. The van der Waals surface area contributed by atoms with Crippen LogP contribution in [0.4, 0.5) is 5.69 Å². The summed E-state index contributed by atoms with van der Waals surface area (Å²) in [5.74, 6) is 1.09. The number of halogens is 1. The Bertz CT molecular complexity index is 1150. The quantitative estimate of drug-likeness (QED) is 0.436. The second-order valence-electron chi connectivity index (χ2n) is 7.45. The van der Waals surface area contributed by atoms with E-state index in [1.807, 2.05) is 18.2 Å². The lowest BCUT2D eigenvalue weighted by molar-refractivity contribution is -0.122. The van der Waals surface area contributed by atoms with Gasteiger partial charge in [-0.15, -0.1) is 0 Å². The smallest absolute Gasteiger partial charge is 0.265 e. The summed E-state index contributed by atoms with van der Waals surface area (Å²) in [5, 5.41) is 6.18. The van der Waals surface area contributed by atoms with Crippen molar-refractivity contribution >= 4 is 29.1 Å². The summed E-state index contributed by atoms with van der Waals surface area (Å²) >= 11 is 5.97. The van der Waals surface area contributed by atoms with E-state index in [1.54, 1.807) is 69.7 Å². The first kappa shape index (κ1) is 24.9. The van der Waals surface area contributed by atoms with Crippen molar-refractivity contribution in [3.05, 3.63) is 82.9 Å². The molecule has 0 bridgehead atoms. The molecule has 3 aromatic rings. The molecule has 0 aliphatic heterocycles. The predicted molar refractivity (Wildman–Crippen MR) is 132 cm³/mol. The molecule has 0 spiro atoms. The Hall–Kier alpha value is -3.71. The molecule has 178 valence electrons. The van der Waals surface area contributed by atoms with Gasteiger partial charge in [-0.3, -0.25) is 9.59 Å². The van der Waals surface area contributed by atoms with Gasteiger partial charge in [-0.25, -0.2) is 0 Å². The Balaban J connectivity index is 1.59. The monoisotopic (exact) mass is 482 g/mol. The largest absolute Gasteiger partial charge is 0.493 e. The highest BCUT2D eigenvalue weighted by Crippen LogP contribution is 2.27. The van der Waals surface area contributed by atoms with Crippen LogP contribution in [0.5, 0.6) is 17.2 Å².